The summed E-state index contributed by atoms with van der Waals surface area (Å²) in [6.07, 6.45) is 4.15. The number of thiazole rings is 1. The molecule has 2 aromatic rings. The Morgan fingerprint density at radius 2 is 2.25 bits per heavy atom. The van der Waals surface area contributed by atoms with Gasteiger partial charge in [0.05, 0.1) is 17.2 Å². The summed E-state index contributed by atoms with van der Waals surface area (Å²) < 4.78 is 5.61. The second-order valence-corrected chi connectivity index (χ2v) is 6.88. The molecule has 0 saturated heterocycles. The molecule has 0 radical (unpaired) electrons. The fourth-order valence-electron chi connectivity index (χ4n) is 2.05. The largest absolute Gasteiger partial charge is 0.491 e. The molecule has 0 aliphatic heterocycles. The van der Waals surface area contributed by atoms with Gasteiger partial charge in [0.1, 0.15) is 5.75 Å². The number of aromatic nitrogens is 1. The summed E-state index contributed by atoms with van der Waals surface area (Å²) in [5.74, 6) is 0.447. The summed E-state index contributed by atoms with van der Waals surface area (Å²) in [5.41, 5.74) is 0.704. The monoisotopic (exact) mass is 346 g/mol. The topological polar surface area (TPSA) is 71.5 Å². The van der Waals surface area contributed by atoms with Crippen LogP contribution in [0.25, 0.3) is 6.08 Å². The van der Waals surface area contributed by atoms with Gasteiger partial charge in [-0.1, -0.05) is 12.1 Å². The maximum absolute atomic E-state index is 11.8. The van der Waals surface area contributed by atoms with Crippen LogP contribution in [0.1, 0.15) is 35.4 Å². The zero-order valence-corrected chi connectivity index (χ0v) is 14.8. The van der Waals surface area contributed by atoms with Gasteiger partial charge in [0.15, 0.2) is 0 Å². The van der Waals surface area contributed by atoms with Gasteiger partial charge in [0.25, 0.3) is 0 Å². The summed E-state index contributed by atoms with van der Waals surface area (Å²) in [4.78, 5) is 16.9. The molecule has 1 heterocycles. The first kappa shape index (κ1) is 18.2. The number of nitrogens with zero attached hydrogens (tertiary/aromatic N) is 1. The number of carbonyl (C=O) groups is 1. The van der Waals surface area contributed by atoms with Crippen molar-refractivity contribution >= 4 is 23.3 Å². The third-order valence-corrected chi connectivity index (χ3v) is 4.00. The SMILES string of the molecule is Cc1ncc(/C=C/C(=O)NCC(O)c2cccc(OC(C)C)c2)s1. The van der Waals surface area contributed by atoms with Gasteiger partial charge in [-0.3, -0.25) is 4.79 Å². The molecule has 0 aliphatic carbocycles. The molecule has 2 N–H and O–H groups in total. The minimum absolute atomic E-state index is 0.0672. The van der Waals surface area contributed by atoms with Crippen molar-refractivity contribution in [3.05, 3.63) is 52.0 Å². The minimum atomic E-state index is -0.788. The van der Waals surface area contributed by atoms with E-state index in [0.717, 1.165) is 9.88 Å². The number of rotatable bonds is 7. The van der Waals surface area contributed by atoms with Gasteiger partial charge in [0.2, 0.25) is 5.91 Å². The van der Waals surface area contributed by atoms with Crippen molar-refractivity contribution < 1.29 is 14.6 Å². The molecule has 24 heavy (non-hydrogen) atoms. The van der Waals surface area contributed by atoms with Crippen LogP contribution in [0, 0.1) is 6.92 Å². The number of carbonyl (C=O) groups excluding carboxylic acids is 1. The quantitative estimate of drug-likeness (QED) is 0.756. The van der Waals surface area contributed by atoms with Crippen LogP contribution in [0.15, 0.2) is 36.5 Å². The van der Waals surface area contributed by atoms with Crippen LogP contribution in [-0.2, 0) is 4.79 Å². The molecular weight excluding hydrogens is 324 g/mol. The average Bonchev–Trinajstić information content (AvgIpc) is 2.95. The number of aliphatic hydroxyl groups excluding tert-OH is 1. The highest BCUT2D eigenvalue weighted by Crippen LogP contribution is 2.20. The van der Waals surface area contributed by atoms with Crippen LogP contribution in [0.4, 0.5) is 0 Å². The van der Waals surface area contributed by atoms with Crippen molar-refractivity contribution in [2.24, 2.45) is 0 Å². The van der Waals surface area contributed by atoms with Crippen LogP contribution in [0.5, 0.6) is 5.75 Å². The molecule has 0 saturated carbocycles. The van der Waals surface area contributed by atoms with E-state index in [4.69, 9.17) is 4.74 Å². The lowest BCUT2D eigenvalue weighted by molar-refractivity contribution is -0.116. The van der Waals surface area contributed by atoms with E-state index in [1.54, 1.807) is 24.4 Å². The van der Waals surface area contributed by atoms with Crippen LogP contribution in [-0.4, -0.2) is 28.6 Å². The standard InChI is InChI=1S/C18H22N2O3S/c1-12(2)23-15-6-4-5-14(9-15)17(21)11-20-18(22)8-7-16-10-19-13(3)24-16/h4-10,12,17,21H,11H2,1-3H3,(H,20,22)/b8-7+. The molecule has 0 fully saturated rings. The third kappa shape index (κ3) is 5.79. The second-order valence-electron chi connectivity index (χ2n) is 5.62. The number of aliphatic hydroxyl groups is 1. The zero-order valence-electron chi connectivity index (χ0n) is 14.0. The zero-order chi connectivity index (χ0) is 17.5. The van der Waals surface area contributed by atoms with E-state index in [9.17, 15) is 9.90 Å². The molecule has 1 atom stereocenters. The lowest BCUT2D eigenvalue weighted by Gasteiger charge is -2.14. The molecule has 0 bridgehead atoms. The Morgan fingerprint density at radius 1 is 1.46 bits per heavy atom. The molecule has 1 unspecified atom stereocenters. The number of hydrogen-bond donors (Lipinski definition) is 2. The molecule has 128 valence electrons. The molecule has 6 heteroatoms. The van der Waals surface area contributed by atoms with Crippen molar-refractivity contribution in [2.45, 2.75) is 33.0 Å². The van der Waals surface area contributed by atoms with Gasteiger partial charge in [-0.2, -0.15) is 0 Å². The Balaban J connectivity index is 1.87. The lowest BCUT2D eigenvalue weighted by Crippen LogP contribution is -2.26. The summed E-state index contributed by atoms with van der Waals surface area (Å²) >= 11 is 1.52. The lowest BCUT2D eigenvalue weighted by atomic mass is 10.1. The Kier molecular flexibility index (Phi) is 6.52. The maximum Gasteiger partial charge on any atom is 0.244 e. The van der Waals surface area contributed by atoms with E-state index in [-0.39, 0.29) is 18.6 Å². The van der Waals surface area contributed by atoms with Crippen LogP contribution in [0.2, 0.25) is 0 Å². The average molecular weight is 346 g/mol. The van der Waals surface area contributed by atoms with Gasteiger partial charge in [-0.25, -0.2) is 4.98 Å². The van der Waals surface area contributed by atoms with E-state index >= 15 is 0 Å². The van der Waals surface area contributed by atoms with Gasteiger partial charge in [0, 0.05) is 23.7 Å². The molecule has 2 rings (SSSR count). The second kappa shape index (κ2) is 8.61. The smallest absolute Gasteiger partial charge is 0.244 e. The van der Waals surface area contributed by atoms with Gasteiger partial charge < -0.3 is 15.2 Å². The van der Waals surface area contributed by atoms with Crippen molar-refractivity contribution in [1.82, 2.24) is 10.3 Å². The van der Waals surface area contributed by atoms with Crippen molar-refractivity contribution in [3.8, 4) is 5.75 Å². The Bertz CT molecular complexity index is 710. The Morgan fingerprint density at radius 3 is 2.92 bits per heavy atom. The summed E-state index contributed by atoms with van der Waals surface area (Å²) in [5, 5.41) is 13.9. The summed E-state index contributed by atoms with van der Waals surface area (Å²) in [6.45, 7) is 5.94. The number of aryl methyl sites for hydroxylation is 1. The predicted molar refractivity (Wildman–Crippen MR) is 96.1 cm³/mol. The molecule has 0 aliphatic rings. The number of amides is 1. The maximum atomic E-state index is 11.8. The molecule has 1 aromatic carbocycles. The molecule has 5 nitrogen and oxygen atoms in total. The highest BCUT2D eigenvalue weighted by atomic mass is 32.1. The van der Waals surface area contributed by atoms with Crippen molar-refractivity contribution in [2.75, 3.05) is 6.54 Å². The first-order valence-corrected chi connectivity index (χ1v) is 8.58. The summed E-state index contributed by atoms with van der Waals surface area (Å²) in [7, 11) is 0. The Labute approximate surface area is 146 Å². The van der Waals surface area contributed by atoms with Crippen LogP contribution >= 0.6 is 11.3 Å². The predicted octanol–water partition coefficient (Wildman–Crippen LogP) is 3.10. The van der Waals surface area contributed by atoms with E-state index in [1.807, 2.05) is 32.9 Å². The number of benzene rings is 1. The van der Waals surface area contributed by atoms with E-state index < -0.39 is 6.10 Å². The fraction of sp³-hybridized carbons (Fsp3) is 0.333. The molecule has 0 spiro atoms. The van der Waals surface area contributed by atoms with Gasteiger partial charge >= 0.3 is 0 Å². The Hall–Kier alpha value is -2.18. The molecule has 1 amide bonds. The van der Waals surface area contributed by atoms with Crippen molar-refractivity contribution in [3.63, 3.8) is 0 Å². The highest BCUT2D eigenvalue weighted by molar-refractivity contribution is 7.12. The van der Waals surface area contributed by atoms with E-state index in [0.29, 0.717) is 11.3 Å². The minimum Gasteiger partial charge on any atom is -0.491 e. The van der Waals surface area contributed by atoms with Crippen LogP contribution < -0.4 is 10.1 Å². The number of hydrogen-bond acceptors (Lipinski definition) is 5. The van der Waals surface area contributed by atoms with E-state index in [2.05, 4.69) is 10.3 Å². The third-order valence-electron chi connectivity index (χ3n) is 3.12. The van der Waals surface area contributed by atoms with Gasteiger partial charge in [-0.15, -0.1) is 11.3 Å². The number of ether oxygens (including phenoxy) is 1. The normalized spacial score (nSPS) is 12.5. The van der Waals surface area contributed by atoms with Crippen LogP contribution in [0.3, 0.4) is 0 Å². The number of nitrogens with one attached hydrogen (secondary N) is 1. The summed E-state index contributed by atoms with van der Waals surface area (Å²) in [6, 6.07) is 7.26. The fourth-order valence-corrected chi connectivity index (χ4v) is 2.74. The van der Waals surface area contributed by atoms with Crippen molar-refractivity contribution in [1.29, 1.82) is 0 Å². The van der Waals surface area contributed by atoms with Gasteiger partial charge in [-0.05, 0) is 44.5 Å². The first-order valence-electron chi connectivity index (χ1n) is 7.77. The highest BCUT2D eigenvalue weighted by Gasteiger charge is 2.10. The first-order chi connectivity index (χ1) is 11.4. The molecule has 1 aromatic heterocycles. The van der Waals surface area contributed by atoms with E-state index in [1.165, 1.54) is 17.4 Å². The molecular formula is C18H22N2O3S.